The Kier molecular flexibility index (Phi) is 4.73. The van der Waals surface area contributed by atoms with E-state index in [0.29, 0.717) is 11.0 Å². The molecule has 100 valence electrons. The van der Waals surface area contributed by atoms with Crippen LogP contribution >= 0.6 is 15.9 Å². The summed E-state index contributed by atoms with van der Waals surface area (Å²) in [5.41, 5.74) is 1.08. The van der Waals surface area contributed by atoms with Crippen LogP contribution in [0.15, 0.2) is 16.6 Å². The van der Waals surface area contributed by atoms with Crippen LogP contribution in [0.25, 0.3) is 0 Å². The van der Waals surface area contributed by atoms with E-state index in [9.17, 15) is 9.18 Å². The molecule has 1 aromatic carbocycles. The van der Waals surface area contributed by atoms with Gasteiger partial charge in [0.1, 0.15) is 11.4 Å². The van der Waals surface area contributed by atoms with E-state index in [1.54, 1.807) is 27.7 Å². The van der Waals surface area contributed by atoms with Crippen LogP contribution in [-0.4, -0.2) is 11.7 Å². The third-order valence-corrected chi connectivity index (χ3v) is 2.90. The standard InChI is InChI=1S/C13H17BrFNO2/c1-8-5-9(15)6-11(14)10(8)7-16-12(17)18-13(2,3)4/h5-6H,7H2,1-4H3,(H,16,17). The zero-order valence-corrected chi connectivity index (χ0v) is 12.5. The summed E-state index contributed by atoms with van der Waals surface area (Å²) < 4.78 is 18.8. The molecule has 0 fully saturated rings. The fraction of sp³-hybridized carbons (Fsp3) is 0.462. The summed E-state index contributed by atoms with van der Waals surface area (Å²) in [6.45, 7) is 7.48. The van der Waals surface area contributed by atoms with Crippen LogP contribution in [-0.2, 0) is 11.3 Å². The fourth-order valence-corrected chi connectivity index (χ4v) is 2.10. The number of amides is 1. The van der Waals surface area contributed by atoms with Gasteiger partial charge in [0, 0.05) is 11.0 Å². The first-order valence-corrected chi connectivity index (χ1v) is 6.40. The molecule has 0 aromatic heterocycles. The lowest BCUT2D eigenvalue weighted by atomic mass is 10.1. The lowest BCUT2D eigenvalue weighted by Gasteiger charge is -2.20. The first-order chi connectivity index (χ1) is 8.19. The Morgan fingerprint density at radius 1 is 1.44 bits per heavy atom. The summed E-state index contributed by atoms with van der Waals surface area (Å²) in [6.07, 6.45) is -0.488. The molecule has 0 radical (unpaired) electrons. The Bertz CT molecular complexity index is 432. The van der Waals surface area contributed by atoms with Crippen molar-refractivity contribution in [3.8, 4) is 0 Å². The largest absolute Gasteiger partial charge is 0.444 e. The molecular formula is C13H17BrFNO2. The van der Waals surface area contributed by atoms with Crippen molar-refractivity contribution >= 4 is 22.0 Å². The third-order valence-electron chi connectivity index (χ3n) is 2.19. The fourth-order valence-electron chi connectivity index (χ4n) is 1.43. The third kappa shape index (κ3) is 4.64. The van der Waals surface area contributed by atoms with Gasteiger partial charge in [-0.3, -0.25) is 0 Å². The number of carbonyl (C=O) groups excluding carboxylic acids is 1. The molecule has 0 saturated carbocycles. The molecule has 3 nitrogen and oxygen atoms in total. The van der Waals surface area contributed by atoms with E-state index in [1.807, 2.05) is 0 Å². The van der Waals surface area contributed by atoms with Crippen molar-refractivity contribution < 1.29 is 13.9 Å². The predicted molar refractivity (Wildman–Crippen MR) is 71.9 cm³/mol. The highest BCUT2D eigenvalue weighted by molar-refractivity contribution is 9.10. The van der Waals surface area contributed by atoms with Gasteiger partial charge >= 0.3 is 6.09 Å². The molecule has 0 unspecified atom stereocenters. The number of carbonyl (C=O) groups is 1. The molecule has 1 amide bonds. The van der Waals surface area contributed by atoms with Crippen LogP contribution in [0.2, 0.25) is 0 Å². The number of hydrogen-bond donors (Lipinski definition) is 1. The van der Waals surface area contributed by atoms with Gasteiger partial charge in [-0.2, -0.15) is 0 Å². The number of alkyl carbamates (subject to hydrolysis) is 1. The van der Waals surface area contributed by atoms with Gasteiger partial charge in [0.25, 0.3) is 0 Å². The number of rotatable bonds is 2. The van der Waals surface area contributed by atoms with Gasteiger partial charge in [0.05, 0.1) is 0 Å². The molecular weight excluding hydrogens is 301 g/mol. The van der Waals surface area contributed by atoms with Crippen molar-refractivity contribution in [3.63, 3.8) is 0 Å². The van der Waals surface area contributed by atoms with Gasteiger partial charge in [0.2, 0.25) is 0 Å². The van der Waals surface area contributed by atoms with Crippen molar-refractivity contribution in [3.05, 3.63) is 33.5 Å². The number of nitrogens with one attached hydrogen (secondary N) is 1. The highest BCUT2D eigenvalue weighted by Gasteiger charge is 2.16. The monoisotopic (exact) mass is 317 g/mol. The Morgan fingerprint density at radius 2 is 2.06 bits per heavy atom. The Morgan fingerprint density at radius 3 is 2.56 bits per heavy atom. The van der Waals surface area contributed by atoms with Gasteiger partial charge in [-0.25, -0.2) is 9.18 Å². The van der Waals surface area contributed by atoms with Gasteiger partial charge < -0.3 is 10.1 Å². The second-order valence-corrected chi connectivity index (χ2v) is 5.89. The minimum absolute atomic E-state index is 0.293. The summed E-state index contributed by atoms with van der Waals surface area (Å²) in [7, 11) is 0. The molecule has 0 heterocycles. The van der Waals surface area contributed by atoms with Crippen LogP contribution in [0, 0.1) is 12.7 Å². The summed E-state index contributed by atoms with van der Waals surface area (Å²) in [5, 5.41) is 2.64. The maximum absolute atomic E-state index is 13.1. The number of hydrogen-bond acceptors (Lipinski definition) is 2. The molecule has 0 bridgehead atoms. The summed E-state index contributed by atoms with van der Waals surface area (Å²) in [4.78, 5) is 11.5. The molecule has 0 aliphatic rings. The number of benzene rings is 1. The quantitative estimate of drug-likeness (QED) is 0.897. The number of aryl methyl sites for hydroxylation is 1. The predicted octanol–water partition coefficient (Wildman–Crippen LogP) is 3.92. The summed E-state index contributed by atoms with van der Waals surface area (Å²) in [5.74, 6) is -0.305. The number of ether oxygens (including phenoxy) is 1. The molecule has 0 saturated heterocycles. The second-order valence-electron chi connectivity index (χ2n) is 5.04. The first kappa shape index (κ1) is 15.0. The van der Waals surface area contributed by atoms with Crippen molar-refractivity contribution in [1.29, 1.82) is 0 Å². The molecule has 1 aromatic rings. The zero-order chi connectivity index (χ0) is 13.9. The SMILES string of the molecule is Cc1cc(F)cc(Br)c1CNC(=O)OC(C)(C)C. The Hall–Kier alpha value is -1.10. The van der Waals surface area contributed by atoms with E-state index in [2.05, 4.69) is 21.2 Å². The normalized spacial score (nSPS) is 11.2. The van der Waals surface area contributed by atoms with Gasteiger partial charge in [0.15, 0.2) is 0 Å². The minimum Gasteiger partial charge on any atom is -0.444 e. The van der Waals surface area contributed by atoms with Crippen molar-refractivity contribution in [1.82, 2.24) is 5.32 Å². The summed E-state index contributed by atoms with van der Waals surface area (Å²) >= 11 is 3.28. The lowest BCUT2D eigenvalue weighted by Crippen LogP contribution is -2.32. The van der Waals surface area contributed by atoms with Crippen LogP contribution < -0.4 is 5.32 Å². The molecule has 0 atom stereocenters. The first-order valence-electron chi connectivity index (χ1n) is 5.60. The minimum atomic E-state index is -0.529. The zero-order valence-electron chi connectivity index (χ0n) is 10.9. The molecule has 0 aliphatic carbocycles. The van der Waals surface area contributed by atoms with Crippen molar-refractivity contribution in [2.75, 3.05) is 0 Å². The molecule has 5 heteroatoms. The smallest absolute Gasteiger partial charge is 0.407 e. The molecule has 0 spiro atoms. The Balaban J connectivity index is 2.67. The maximum Gasteiger partial charge on any atom is 0.407 e. The van der Waals surface area contributed by atoms with E-state index < -0.39 is 11.7 Å². The van der Waals surface area contributed by atoms with E-state index >= 15 is 0 Å². The molecule has 1 rings (SSSR count). The van der Waals surface area contributed by atoms with Gasteiger partial charge in [-0.05, 0) is 51.0 Å². The van der Waals surface area contributed by atoms with E-state index in [-0.39, 0.29) is 5.82 Å². The Labute approximate surface area is 115 Å². The maximum atomic E-state index is 13.1. The van der Waals surface area contributed by atoms with E-state index in [0.717, 1.165) is 11.1 Å². The van der Waals surface area contributed by atoms with E-state index in [1.165, 1.54) is 12.1 Å². The average molecular weight is 318 g/mol. The summed E-state index contributed by atoms with van der Waals surface area (Å²) in [6, 6.07) is 2.80. The molecule has 18 heavy (non-hydrogen) atoms. The van der Waals surface area contributed by atoms with Crippen LogP contribution in [0.4, 0.5) is 9.18 Å². The van der Waals surface area contributed by atoms with Gasteiger partial charge in [-0.15, -0.1) is 0 Å². The molecule has 1 N–H and O–H groups in total. The molecule has 0 aliphatic heterocycles. The highest BCUT2D eigenvalue weighted by atomic mass is 79.9. The van der Waals surface area contributed by atoms with Crippen molar-refractivity contribution in [2.45, 2.75) is 39.8 Å². The lowest BCUT2D eigenvalue weighted by molar-refractivity contribution is 0.0523. The second kappa shape index (κ2) is 5.69. The van der Waals surface area contributed by atoms with Crippen LogP contribution in [0.1, 0.15) is 31.9 Å². The topological polar surface area (TPSA) is 38.3 Å². The highest BCUT2D eigenvalue weighted by Crippen LogP contribution is 2.22. The van der Waals surface area contributed by atoms with Gasteiger partial charge in [-0.1, -0.05) is 15.9 Å². The van der Waals surface area contributed by atoms with E-state index in [4.69, 9.17) is 4.74 Å². The van der Waals surface area contributed by atoms with Crippen LogP contribution in [0.5, 0.6) is 0 Å². The van der Waals surface area contributed by atoms with Crippen molar-refractivity contribution in [2.24, 2.45) is 0 Å². The van der Waals surface area contributed by atoms with Crippen LogP contribution in [0.3, 0.4) is 0 Å². The number of halogens is 2. The average Bonchev–Trinajstić information content (AvgIpc) is 2.12.